The molecule has 12 aromatic carbocycles. The van der Waals surface area contributed by atoms with Gasteiger partial charge in [-0.2, -0.15) is 20.4 Å². The largest absolute Gasteiger partial charge is 0.443 e. The van der Waals surface area contributed by atoms with Crippen LogP contribution >= 0.6 is 0 Å². The zero-order chi connectivity index (χ0) is 81.2. The van der Waals surface area contributed by atoms with Crippen molar-refractivity contribution in [3.05, 3.63) is 433 Å². The number of oxazole rings is 1. The molecule has 13 aromatic heterocycles. The van der Waals surface area contributed by atoms with Crippen LogP contribution in [0.15, 0.2) is 438 Å². The first-order valence-electron chi connectivity index (χ1n) is 38.1. The zero-order valence-corrected chi connectivity index (χ0v) is 64.4. The Morgan fingerprint density at radius 2 is 0.617 bits per heavy atom. The van der Waals surface area contributed by atoms with Crippen LogP contribution in [0.4, 0.5) is 0 Å². The highest BCUT2D eigenvalue weighted by molar-refractivity contribution is 6.07. The van der Waals surface area contributed by atoms with Gasteiger partial charge in [-0.05, 0) is 138 Å². The summed E-state index contributed by atoms with van der Waals surface area (Å²) in [4.78, 5) is 65.0. The van der Waals surface area contributed by atoms with Crippen molar-refractivity contribution in [1.29, 1.82) is 0 Å². The lowest BCUT2D eigenvalue weighted by atomic mass is 10.1. The maximum atomic E-state index is 5.01. The molecule has 0 unspecified atom stereocenters. The van der Waals surface area contributed by atoms with Crippen LogP contribution in [-0.4, -0.2) is 100 Å². The number of nitrogens with zero attached hydrogens (tertiary/aromatic N) is 19. The number of pyridine rings is 4. The van der Waals surface area contributed by atoms with E-state index < -0.39 is 0 Å². The molecule has 0 bridgehead atoms. The first-order valence-corrected chi connectivity index (χ1v) is 38.1. The summed E-state index contributed by atoms with van der Waals surface area (Å²) in [6.07, 6.45) is 26.9. The van der Waals surface area contributed by atoms with E-state index in [2.05, 4.69) is 179 Å². The summed E-state index contributed by atoms with van der Waals surface area (Å²) < 4.78 is 5.01. The number of aromatic nitrogens is 20. The van der Waals surface area contributed by atoms with E-state index in [0.717, 1.165) is 104 Å². The Balaban J connectivity index is 0.000000103. The SMILES string of the molecule is c1ccc2c(c1)[nH]c1ccccc12.c1ccc2cnccc2c1.c1ccc2cnncc2c1.c1ccc2nc3ccccc3cc2c1.c1ccc2nc3ccccc3nc2c1.c1ccc2nccnc2c1.c1ccc2ncncc2c1.c1ccc2nnccc2c1.c1ccc2ocnc2c1.c1cnc2ncccc2c1.c1cnc2ncncc2n1. The van der Waals surface area contributed by atoms with Crippen LogP contribution < -0.4 is 0 Å². The van der Waals surface area contributed by atoms with E-state index >= 15 is 0 Å². The molecule has 0 saturated carbocycles. The Hall–Kier alpha value is -17.1. The number of nitrogens with one attached hydrogen (secondary N) is 1. The number of aromatic amines is 1. The summed E-state index contributed by atoms with van der Waals surface area (Å²) in [5.74, 6) is 0. The highest BCUT2D eigenvalue weighted by atomic mass is 16.3. The third-order valence-electron chi connectivity index (χ3n) is 18.1. The van der Waals surface area contributed by atoms with Crippen LogP contribution in [0.1, 0.15) is 0 Å². The maximum absolute atomic E-state index is 5.01. The number of para-hydroxylation sites is 13. The Morgan fingerprint density at radius 3 is 1.17 bits per heavy atom. The van der Waals surface area contributed by atoms with Gasteiger partial charge in [0.1, 0.15) is 23.7 Å². The van der Waals surface area contributed by atoms with Gasteiger partial charge in [0.25, 0.3) is 0 Å². The van der Waals surface area contributed by atoms with E-state index in [0.29, 0.717) is 5.65 Å². The third-order valence-corrected chi connectivity index (χ3v) is 18.1. The molecule has 120 heavy (non-hydrogen) atoms. The lowest BCUT2D eigenvalue weighted by Crippen LogP contribution is -1.85. The third kappa shape index (κ3) is 21.6. The molecule has 0 saturated heterocycles. The normalized spacial score (nSPS) is 10.3. The topological polar surface area (TPSA) is 274 Å². The summed E-state index contributed by atoms with van der Waals surface area (Å²) in [7, 11) is 0. The standard InChI is InChI=1S/C13H9N.C12H8N2.C12H9N.C9H7N.5C8H6N2.C7H5NO.C6H4N4/c1-3-7-12-10(5-1)9-11-6-2-4-8-13(11)14-12;1-2-6-10-9(5-1)13-11-7-3-4-8-12(11)14-10;1-3-7-11-9(5-1)10-6-2-4-8-12(10)13-11;1-2-4-9-7-10-6-5-8(9)3-1;1-3-7-4-2-6-10-8(7)9-5-1;1-2-4-8-7(3-1)5-9-6-10-8;1-2-4-8-6-10-9-5-7(8)3-1;1-2-4-8-7(3-1)9-5-6-10-8;1-2-4-8-7(3-1)5-6-9-10-8;1-2-4-7-6(3-1)8-5-9-7;1-2-9-6-5(8-1)3-7-4-10-6/h1-9H;1-8H;1-8,13H;1-7H;5*1-6H;1-5H;1-4H. The molecule has 0 fully saturated rings. The maximum Gasteiger partial charge on any atom is 0.181 e. The van der Waals surface area contributed by atoms with Crippen molar-refractivity contribution in [2.45, 2.75) is 0 Å². The Bertz CT molecular complexity index is 5990. The van der Waals surface area contributed by atoms with Crippen LogP contribution in [0.2, 0.25) is 0 Å². The van der Waals surface area contributed by atoms with E-state index in [4.69, 9.17) is 4.42 Å². The molecule has 1 N–H and O–H groups in total. The molecule has 25 aromatic rings. The molecule has 574 valence electrons. The van der Waals surface area contributed by atoms with Gasteiger partial charge in [0, 0.05) is 115 Å². The number of benzene rings is 12. The monoisotopic (exact) mass is 1560 g/mol. The van der Waals surface area contributed by atoms with Crippen molar-refractivity contribution in [3.8, 4) is 0 Å². The van der Waals surface area contributed by atoms with Crippen LogP contribution in [0, 0.1) is 0 Å². The molecule has 0 aliphatic carbocycles. The molecule has 25 rings (SSSR count). The summed E-state index contributed by atoms with van der Waals surface area (Å²) in [6, 6.07) is 110. The van der Waals surface area contributed by atoms with Crippen LogP contribution in [0.25, 0.3) is 153 Å². The second kappa shape index (κ2) is 41.1. The van der Waals surface area contributed by atoms with Gasteiger partial charge in [0.05, 0.1) is 80.0 Å². The summed E-state index contributed by atoms with van der Waals surface area (Å²) in [6.45, 7) is 0. The molecular formula is C99H72N20O. The van der Waals surface area contributed by atoms with Crippen LogP contribution in [-0.2, 0) is 0 Å². The number of H-pyrrole nitrogens is 1. The summed E-state index contributed by atoms with van der Waals surface area (Å²) >= 11 is 0. The number of rotatable bonds is 0. The molecule has 0 amide bonds. The van der Waals surface area contributed by atoms with Gasteiger partial charge in [-0.15, -0.1) is 0 Å². The number of hydrogen-bond acceptors (Lipinski definition) is 20. The molecule has 0 spiro atoms. The molecule has 0 aliphatic rings. The molecule has 0 atom stereocenters. The molecule has 0 radical (unpaired) electrons. The average Bonchev–Trinajstić information content (AvgIpc) is 1.36. The molecule has 21 heteroatoms. The van der Waals surface area contributed by atoms with Crippen molar-refractivity contribution < 1.29 is 4.42 Å². The number of hydrogen-bond donors (Lipinski definition) is 1. The van der Waals surface area contributed by atoms with Crippen LogP contribution in [0.5, 0.6) is 0 Å². The lowest BCUT2D eigenvalue weighted by Gasteiger charge is -1.99. The predicted octanol–water partition coefficient (Wildman–Crippen LogP) is 22.1. The highest BCUT2D eigenvalue weighted by Gasteiger charge is 2.03. The fraction of sp³-hybridized carbons (Fsp3) is 0. The van der Waals surface area contributed by atoms with Crippen molar-refractivity contribution in [2.75, 3.05) is 0 Å². The van der Waals surface area contributed by atoms with Gasteiger partial charge in [0.15, 0.2) is 23.3 Å². The fourth-order valence-electron chi connectivity index (χ4n) is 12.2. The van der Waals surface area contributed by atoms with Gasteiger partial charge in [-0.1, -0.05) is 206 Å². The van der Waals surface area contributed by atoms with Gasteiger partial charge in [-0.25, -0.2) is 59.8 Å². The minimum absolute atomic E-state index is 0.637. The zero-order valence-electron chi connectivity index (χ0n) is 64.4. The van der Waals surface area contributed by atoms with E-state index in [1.807, 2.05) is 273 Å². The minimum Gasteiger partial charge on any atom is -0.443 e. The summed E-state index contributed by atoms with van der Waals surface area (Å²) in [5, 5.41) is 28.3. The first kappa shape index (κ1) is 78.2. The second-order valence-corrected chi connectivity index (χ2v) is 26.0. The smallest absolute Gasteiger partial charge is 0.181 e. The Morgan fingerprint density at radius 1 is 0.208 bits per heavy atom. The lowest BCUT2D eigenvalue weighted by molar-refractivity contribution is 0.602. The van der Waals surface area contributed by atoms with Crippen LogP contribution in [0.3, 0.4) is 0 Å². The van der Waals surface area contributed by atoms with Crippen molar-refractivity contribution >= 4 is 153 Å². The van der Waals surface area contributed by atoms with Crippen molar-refractivity contribution in [1.82, 2.24) is 100 Å². The van der Waals surface area contributed by atoms with Gasteiger partial charge < -0.3 is 9.40 Å². The fourth-order valence-corrected chi connectivity index (χ4v) is 12.2. The van der Waals surface area contributed by atoms with E-state index in [9.17, 15) is 0 Å². The minimum atomic E-state index is 0.637. The molecule has 13 heterocycles. The van der Waals surface area contributed by atoms with Gasteiger partial charge in [0.2, 0.25) is 0 Å². The van der Waals surface area contributed by atoms with E-state index in [-0.39, 0.29) is 0 Å². The Labute approximate surface area is 687 Å². The average molecular weight is 1560 g/mol. The first-order chi connectivity index (χ1) is 59.5. The predicted molar refractivity (Wildman–Crippen MR) is 481 cm³/mol. The van der Waals surface area contributed by atoms with Crippen molar-refractivity contribution in [3.63, 3.8) is 0 Å². The van der Waals surface area contributed by atoms with Gasteiger partial charge >= 0.3 is 0 Å². The van der Waals surface area contributed by atoms with E-state index in [1.54, 1.807) is 68.3 Å². The molecule has 21 nitrogen and oxygen atoms in total. The molecule has 0 aliphatic heterocycles. The quantitative estimate of drug-likeness (QED) is 0.138. The van der Waals surface area contributed by atoms with E-state index in [1.165, 1.54) is 56.1 Å². The summed E-state index contributed by atoms with van der Waals surface area (Å²) in [5.41, 5.74) is 16.1. The number of fused-ring (bicyclic) bond motifs is 15. The highest BCUT2D eigenvalue weighted by Crippen LogP contribution is 2.25. The molecular weight excluding hydrogens is 1490 g/mol. The van der Waals surface area contributed by atoms with Gasteiger partial charge in [-0.3, -0.25) is 15.0 Å². The van der Waals surface area contributed by atoms with Crippen molar-refractivity contribution in [2.24, 2.45) is 0 Å². The Kier molecular flexibility index (Phi) is 26.8. The second-order valence-electron chi connectivity index (χ2n) is 26.0.